The molecule has 0 aliphatic heterocycles. The molecule has 0 aliphatic rings. The van der Waals surface area contributed by atoms with Gasteiger partial charge in [-0.15, -0.1) is 0 Å². The Morgan fingerprint density at radius 1 is 1.38 bits per heavy atom. The van der Waals surface area contributed by atoms with Crippen molar-refractivity contribution in [3.05, 3.63) is 36.1 Å². The van der Waals surface area contributed by atoms with E-state index >= 15 is 0 Å². The summed E-state index contributed by atoms with van der Waals surface area (Å²) >= 11 is 0. The van der Waals surface area contributed by atoms with Gasteiger partial charge < -0.3 is 9.57 Å². The number of ether oxygens (including phenoxy) is 1. The lowest BCUT2D eigenvalue weighted by Crippen LogP contribution is -2.26. The Kier molecular flexibility index (Phi) is 8.12. The number of nitrogens with one attached hydrogen (secondary N) is 2. The minimum absolute atomic E-state index is 0.000397. The molecule has 0 aromatic rings. The number of allylic oxidation sites excluding steroid dienone is 3. The van der Waals surface area contributed by atoms with Gasteiger partial charge in [0.05, 0.1) is 6.42 Å². The van der Waals surface area contributed by atoms with Crippen molar-refractivity contribution >= 4 is 11.9 Å². The van der Waals surface area contributed by atoms with E-state index in [1.165, 1.54) is 0 Å². The van der Waals surface area contributed by atoms with Crippen LogP contribution in [0.4, 0.5) is 0 Å². The van der Waals surface area contributed by atoms with Crippen LogP contribution in [-0.2, 0) is 14.4 Å². The molecule has 0 radical (unpaired) electrons. The molecule has 0 spiro atoms. The smallest absolute Gasteiger partial charge is 0.334 e. The summed E-state index contributed by atoms with van der Waals surface area (Å²) in [6.07, 6.45) is 6.55. The highest BCUT2D eigenvalue weighted by atomic mass is 16.7. The quantitative estimate of drug-likeness (QED) is 0.188. The second kappa shape index (κ2) is 9.00. The van der Waals surface area contributed by atoms with E-state index in [1.54, 1.807) is 27.0 Å². The third-order valence-corrected chi connectivity index (χ3v) is 2.15. The van der Waals surface area contributed by atoms with Crippen LogP contribution < -0.4 is 5.48 Å². The summed E-state index contributed by atoms with van der Waals surface area (Å²) in [5, 5.41) is 7.63. The first-order valence-corrected chi connectivity index (χ1v) is 6.90. The van der Waals surface area contributed by atoms with Gasteiger partial charge in [0.25, 0.3) is 0 Å². The molecule has 5 nitrogen and oxygen atoms in total. The first kappa shape index (κ1) is 19.0. The van der Waals surface area contributed by atoms with E-state index in [0.717, 1.165) is 12.0 Å². The summed E-state index contributed by atoms with van der Waals surface area (Å²) in [5.74, 6) is -0.622. The third kappa shape index (κ3) is 10.4. The zero-order valence-electron chi connectivity index (χ0n) is 13.6. The second-order valence-corrected chi connectivity index (χ2v) is 5.62. The van der Waals surface area contributed by atoms with E-state index in [0.29, 0.717) is 0 Å². The average Bonchev–Trinajstić information content (AvgIpc) is 2.34. The van der Waals surface area contributed by atoms with E-state index in [4.69, 9.17) is 15.0 Å². The summed E-state index contributed by atoms with van der Waals surface area (Å²) in [6, 6.07) is 0. The van der Waals surface area contributed by atoms with Gasteiger partial charge in [-0.05, 0) is 39.7 Å². The van der Waals surface area contributed by atoms with Gasteiger partial charge in [0.15, 0.2) is 0 Å². The Bertz CT molecular complexity index is 443. The molecule has 0 unspecified atom stereocenters. The molecule has 0 heterocycles. The number of rotatable bonds is 7. The van der Waals surface area contributed by atoms with Crippen LogP contribution in [-0.4, -0.2) is 17.5 Å². The van der Waals surface area contributed by atoms with Gasteiger partial charge in [0.2, 0.25) is 5.90 Å². The predicted octanol–water partition coefficient (Wildman–Crippen LogP) is 3.64. The number of carbonyl (C=O) groups is 1. The molecule has 0 fully saturated rings. The maximum absolute atomic E-state index is 11.7. The number of esters is 1. The van der Waals surface area contributed by atoms with E-state index in [1.807, 2.05) is 26.0 Å². The Labute approximate surface area is 127 Å². The van der Waals surface area contributed by atoms with Crippen molar-refractivity contribution in [1.82, 2.24) is 5.48 Å². The number of carbonyl (C=O) groups excluding carboxylic acids is 1. The molecule has 0 saturated heterocycles. The van der Waals surface area contributed by atoms with Crippen molar-refractivity contribution in [1.29, 1.82) is 5.41 Å². The summed E-state index contributed by atoms with van der Waals surface area (Å²) < 4.78 is 5.16. The number of hydrogen-bond acceptors (Lipinski definition) is 5. The zero-order valence-corrected chi connectivity index (χ0v) is 13.6. The minimum atomic E-state index is -0.577. The van der Waals surface area contributed by atoms with Crippen molar-refractivity contribution < 1.29 is 14.4 Å². The van der Waals surface area contributed by atoms with Crippen LogP contribution in [0.25, 0.3) is 0 Å². The molecular formula is C16H26N2O3. The van der Waals surface area contributed by atoms with Crippen molar-refractivity contribution in [3.8, 4) is 0 Å². The fourth-order valence-corrected chi connectivity index (χ4v) is 1.20. The van der Waals surface area contributed by atoms with E-state index in [9.17, 15) is 4.79 Å². The highest BCUT2D eigenvalue weighted by Crippen LogP contribution is 2.12. The van der Waals surface area contributed by atoms with Gasteiger partial charge in [-0.1, -0.05) is 25.7 Å². The standard InChI is InChI=1S/C16H26N2O3/c1-7-8-9-12(2)11-18-21-14(17)10-13(3)15(19)20-16(4,5)6/h8-9,11,17-18H,3,7,10H2,1-2,4-6H3/b9-8-,12-11-,17-14?. The van der Waals surface area contributed by atoms with Gasteiger partial charge in [-0.25, -0.2) is 10.3 Å². The highest BCUT2D eigenvalue weighted by molar-refractivity contribution is 5.94. The van der Waals surface area contributed by atoms with Crippen molar-refractivity contribution in [2.75, 3.05) is 0 Å². The van der Waals surface area contributed by atoms with Gasteiger partial charge >= 0.3 is 5.97 Å². The molecule has 0 aliphatic carbocycles. The lowest BCUT2D eigenvalue weighted by molar-refractivity contribution is -0.149. The SMILES string of the molecule is C=C(CC(=N)ON/C=C(C)\C=C/CC)C(=O)OC(C)(C)C. The van der Waals surface area contributed by atoms with Crippen LogP contribution in [0, 0.1) is 5.41 Å². The van der Waals surface area contributed by atoms with Crippen molar-refractivity contribution in [3.63, 3.8) is 0 Å². The summed E-state index contributed by atoms with van der Waals surface area (Å²) in [4.78, 5) is 16.7. The van der Waals surface area contributed by atoms with Gasteiger partial charge in [-0.3, -0.25) is 5.41 Å². The molecule has 0 aromatic heterocycles. The van der Waals surface area contributed by atoms with Crippen LogP contribution in [0.3, 0.4) is 0 Å². The summed E-state index contributed by atoms with van der Waals surface area (Å²) in [6.45, 7) is 12.9. The number of hydrogen-bond donors (Lipinski definition) is 2. The zero-order chi connectivity index (χ0) is 16.5. The van der Waals surface area contributed by atoms with E-state index in [2.05, 4.69) is 12.1 Å². The molecule has 0 saturated carbocycles. The fourth-order valence-electron chi connectivity index (χ4n) is 1.20. The van der Waals surface area contributed by atoms with E-state index in [-0.39, 0.29) is 17.9 Å². The Balaban J connectivity index is 4.18. The molecule has 0 aromatic carbocycles. The summed E-state index contributed by atoms with van der Waals surface area (Å²) in [7, 11) is 0. The van der Waals surface area contributed by atoms with Crippen LogP contribution in [0.2, 0.25) is 0 Å². The first-order valence-electron chi connectivity index (χ1n) is 6.90. The van der Waals surface area contributed by atoms with Crippen LogP contribution >= 0.6 is 0 Å². The van der Waals surface area contributed by atoms with Gasteiger partial charge in [0, 0.05) is 11.8 Å². The average molecular weight is 294 g/mol. The largest absolute Gasteiger partial charge is 0.457 e. The maximum atomic E-state index is 11.7. The predicted molar refractivity (Wildman–Crippen MR) is 84.7 cm³/mol. The molecule has 5 heteroatoms. The highest BCUT2D eigenvalue weighted by Gasteiger charge is 2.19. The molecule has 21 heavy (non-hydrogen) atoms. The lowest BCUT2D eigenvalue weighted by atomic mass is 10.1. The van der Waals surface area contributed by atoms with Crippen LogP contribution in [0.1, 0.15) is 47.5 Å². The monoisotopic (exact) mass is 294 g/mol. The second-order valence-electron chi connectivity index (χ2n) is 5.62. The number of hydroxylamine groups is 1. The molecule has 118 valence electrons. The normalized spacial score (nSPS) is 12.1. The third-order valence-electron chi connectivity index (χ3n) is 2.15. The van der Waals surface area contributed by atoms with E-state index < -0.39 is 11.6 Å². The Hall–Kier alpha value is -2.04. The van der Waals surface area contributed by atoms with Gasteiger partial charge in [-0.2, -0.15) is 0 Å². The van der Waals surface area contributed by atoms with Crippen molar-refractivity contribution in [2.24, 2.45) is 0 Å². The van der Waals surface area contributed by atoms with Crippen LogP contribution in [0.15, 0.2) is 36.1 Å². The minimum Gasteiger partial charge on any atom is -0.457 e. The maximum Gasteiger partial charge on any atom is 0.334 e. The Morgan fingerprint density at radius 3 is 2.52 bits per heavy atom. The fraction of sp³-hybridized carbons (Fsp3) is 0.500. The molecule has 0 atom stereocenters. The van der Waals surface area contributed by atoms with Crippen molar-refractivity contribution in [2.45, 2.75) is 53.1 Å². The lowest BCUT2D eigenvalue weighted by Gasteiger charge is -2.20. The Morgan fingerprint density at radius 2 is 2.00 bits per heavy atom. The molecule has 0 bridgehead atoms. The molecule has 0 rings (SSSR count). The summed E-state index contributed by atoms with van der Waals surface area (Å²) in [5.41, 5.74) is 3.13. The first-order chi connectivity index (χ1) is 9.65. The van der Waals surface area contributed by atoms with Gasteiger partial charge in [0.1, 0.15) is 5.60 Å². The molecule has 0 amide bonds. The van der Waals surface area contributed by atoms with Crippen LogP contribution in [0.5, 0.6) is 0 Å². The molecular weight excluding hydrogens is 268 g/mol. The molecule has 2 N–H and O–H groups in total. The topological polar surface area (TPSA) is 71.4 Å².